The molecular formula is C51H30N6O. The molecule has 13 rings (SSSR count). The highest BCUT2D eigenvalue weighted by atomic mass is 16.3. The van der Waals surface area contributed by atoms with Gasteiger partial charge < -0.3 is 8.98 Å². The van der Waals surface area contributed by atoms with Gasteiger partial charge in [0.25, 0.3) is 0 Å². The quantitative estimate of drug-likeness (QED) is 0.180. The maximum atomic E-state index is 6.92. The number of furan rings is 1. The van der Waals surface area contributed by atoms with Crippen LogP contribution in [-0.2, 0) is 0 Å². The molecule has 7 heteroatoms. The number of aromatic nitrogens is 6. The average molecular weight is 743 g/mol. The molecule has 0 amide bonds. The summed E-state index contributed by atoms with van der Waals surface area (Å²) in [6.45, 7) is 0. The second-order valence-corrected chi connectivity index (χ2v) is 14.8. The van der Waals surface area contributed by atoms with E-state index in [1.165, 1.54) is 10.8 Å². The summed E-state index contributed by atoms with van der Waals surface area (Å²) in [6, 6.07) is 63.6. The fourth-order valence-electron chi connectivity index (χ4n) is 9.30. The first kappa shape index (κ1) is 31.2. The fraction of sp³-hybridized carbons (Fsp3) is 0. The zero-order valence-corrected chi connectivity index (χ0v) is 30.9. The van der Waals surface area contributed by atoms with E-state index in [4.69, 9.17) is 19.4 Å². The summed E-state index contributed by atoms with van der Waals surface area (Å²) < 4.78 is 13.6. The maximum Gasteiger partial charge on any atom is 0.240 e. The Bertz CT molecular complexity index is 3530. The van der Waals surface area contributed by atoms with Gasteiger partial charge in [-0.3, -0.25) is 9.13 Å². The number of fused-ring (bicyclic) bond motifs is 12. The van der Waals surface area contributed by atoms with Gasteiger partial charge in [-0.25, -0.2) is 0 Å². The van der Waals surface area contributed by atoms with Crippen LogP contribution in [0.25, 0.3) is 116 Å². The number of benzene rings is 8. The number of para-hydroxylation sites is 7. The van der Waals surface area contributed by atoms with E-state index in [2.05, 4.69) is 184 Å². The van der Waals surface area contributed by atoms with Crippen LogP contribution in [0.4, 0.5) is 0 Å². The Morgan fingerprint density at radius 3 is 1.10 bits per heavy atom. The highest BCUT2D eigenvalue weighted by molar-refractivity contribution is 6.14. The first-order valence-corrected chi connectivity index (χ1v) is 19.5. The van der Waals surface area contributed by atoms with Gasteiger partial charge in [-0.1, -0.05) is 127 Å². The van der Waals surface area contributed by atoms with Gasteiger partial charge in [0.1, 0.15) is 11.2 Å². The third-order valence-corrected chi connectivity index (χ3v) is 11.7. The lowest BCUT2D eigenvalue weighted by Gasteiger charge is -2.16. The molecule has 5 aromatic heterocycles. The van der Waals surface area contributed by atoms with Crippen LogP contribution in [-0.4, -0.2) is 28.7 Å². The Labute approximate surface area is 330 Å². The molecule has 7 nitrogen and oxygen atoms in total. The van der Waals surface area contributed by atoms with Crippen LogP contribution in [0.1, 0.15) is 0 Å². The minimum absolute atomic E-state index is 0.505. The molecule has 0 saturated carbocycles. The number of hydrogen-bond acceptors (Lipinski definition) is 4. The molecule has 0 fully saturated rings. The van der Waals surface area contributed by atoms with E-state index in [1.54, 1.807) is 0 Å². The summed E-state index contributed by atoms with van der Waals surface area (Å²) >= 11 is 0. The second-order valence-electron chi connectivity index (χ2n) is 14.8. The Morgan fingerprint density at radius 1 is 0.310 bits per heavy atom. The van der Waals surface area contributed by atoms with E-state index in [0.29, 0.717) is 23.3 Å². The van der Waals surface area contributed by atoms with Crippen molar-refractivity contribution in [1.82, 2.24) is 28.7 Å². The van der Waals surface area contributed by atoms with Crippen LogP contribution in [0.5, 0.6) is 0 Å². The van der Waals surface area contributed by atoms with Crippen LogP contribution < -0.4 is 0 Å². The van der Waals surface area contributed by atoms with Crippen molar-refractivity contribution in [3.8, 4) is 29.0 Å². The Hall–Kier alpha value is -8.03. The van der Waals surface area contributed by atoms with E-state index in [1.807, 2.05) is 12.1 Å². The summed E-state index contributed by atoms with van der Waals surface area (Å²) in [6.07, 6.45) is 0. The standard InChI is InChI=1S/C51H30N6O/c1-8-22-39-31(15-1)32-16-2-9-23-40(32)55(39)45-30-29-38-37-21-7-14-28-46(37)58-48(38)47(45)49-52-50(56-41-24-10-3-17-33(41)34-18-4-11-25-42(34)56)54-51(53-49)57-43-26-12-5-19-35(43)36-20-6-13-27-44(36)57/h1-30H. The topological polar surface area (TPSA) is 66.6 Å². The molecule has 0 aliphatic rings. The number of rotatable bonds is 4. The molecule has 8 aromatic carbocycles. The fourth-order valence-corrected chi connectivity index (χ4v) is 9.30. The van der Waals surface area contributed by atoms with E-state index < -0.39 is 0 Å². The predicted octanol–water partition coefficient (Wildman–Crippen LogP) is 12.7. The molecule has 0 atom stereocenters. The zero-order valence-electron chi connectivity index (χ0n) is 30.9. The van der Waals surface area contributed by atoms with Crippen LogP contribution >= 0.6 is 0 Å². The molecule has 58 heavy (non-hydrogen) atoms. The minimum Gasteiger partial charge on any atom is -0.455 e. The van der Waals surface area contributed by atoms with Gasteiger partial charge in [0.05, 0.1) is 44.4 Å². The van der Waals surface area contributed by atoms with Crippen molar-refractivity contribution in [2.45, 2.75) is 0 Å². The number of hydrogen-bond donors (Lipinski definition) is 0. The zero-order chi connectivity index (χ0) is 37.9. The van der Waals surface area contributed by atoms with E-state index in [0.717, 1.165) is 82.3 Å². The molecule has 5 heterocycles. The molecule has 270 valence electrons. The summed E-state index contributed by atoms with van der Waals surface area (Å²) in [7, 11) is 0. The molecule has 0 radical (unpaired) electrons. The molecule has 0 spiro atoms. The number of nitrogens with zero attached hydrogens (tertiary/aromatic N) is 6. The largest absolute Gasteiger partial charge is 0.455 e. The van der Waals surface area contributed by atoms with Gasteiger partial charge in [-0.05, 0) is 54.6 Å². The molecule has 0 aliphatic heterocycles. The van der Waals surface area contributed by atoms with E-state index >= 15 is 0 Å². The van der Waals surface area contributed by atoms with Crippen molar-refractivity contribution in [3.63, 3.8) is 0 Å². The van der Waals surface area contributed by atoms with Gasteiger partial charge in [-0.15, -0.1) is 0 Å². The van der Waals surface area contributed by atoms with Gasteiger partial charge >= 0.3 is 0 Å². The smallest absolute Gasteiger partial charge is 0.240 e. The van der Waals surface area contributed by atoms with E-state index in [-0.39, 0.29) is 0 Å². The molecule has 0 aliphatic carbocycles. The average Bonchev–Trinajstić information content (AvgIpc) is 4.02. The van der Waals surface area contributed by atoms with Crippen LogP contribution in [0.15, 0.2) is 186 Å². The van der Waals surface area contributed by atoms with Crippen molar-refractivity contribution in [2.75, 3.05) is 0 Å². The van der Waals surface area contributed by atoms with Crippen LogP contribution in [0.3, 0.4) is 0 Å². The first-order chi connectivity index (χ1) is 28.8. The molecular weight excluding hydrogens is 713 g/mol. The summed E-state index contributed by atoms with van der Waals surface area (Å²) in [4.78, 5) is 16.5. The summed E-state index contributed by atoms with van der Waals surface area (Å²) in [5.41, 5.74) is 9.43. The molecule has 0 unspecified atom stereocenters. The molecule has 0 bridgehead atoms. The lowest BCUT2D eigenvalue weighted by atomic mass is 10.1. The maximum absolute atomic E-state index is 6.92. The monoisotopic (exact) mass is 742 g/mol. The van der Waals surface area contributed by atoms with Crippen molar-refractivity contribution >= 4 is 87.4 Å². The SMILES string of the molecule is c1ccc2c(c1)oc1c(-c3nc(-n4c5ccccc5c5ccccc54)nc(-n4c5ccccc5c5ccccc54)n3)c(-n3c4ccccc4c4ccccc43)ccc12. The lowest BCUT2D eigenvalue weighted by molar-refractivity contribution is 0.669. The highest BCUT2D eigenvalue weighted by Crippen LogP contribution is 2.43. The van der Waals surface area contributed by atoms with Crippen molar-refractivity contribution in [2.24, 2.45) is 0 Å². The van der Waals surface area contributed by atoms with Gasteiger partial charge in [-0.2, -0.15) is 15.0 Å². The first-order valence-electron chi connectivity index (χ1n) is 19.5. The van der Waals surface area contributed by atoms with Crippen LogP contribution in [0.2, 0.25) is 0 Å². The molecule has 0 N–H and O–H groups in total. The second kappa shape index (κ2) is 11.7. The van der Waals surface area contributed by atoms with Gasteiger partial charge in [0.15, 0.2) is 5.82 Å². The highest BCUT2D eigenvalue weighted by Gasteiger charge is 2.26. The normalized spacial score (nSPS) is 12.1. The Kier molecular flexibility index (Phi) is 6.32. The van der Waals surface area contributed by atoms with Crippen molar-refractivity contribution in [3.05, 3.63) is 182 Å². The Balaban J connectivity index is 1.22. The van der Waals surface area contributed by atoms with Crippen LogP contribution in [0, 0.1) is 0 Å². The van der Waals surface area contributed by atoms with Crippen molar-refractivity contribution in [1.29, 1.82) is 0 Å². The van der Waals surface area contributed by atoms with E-state index in [9.17, 15) is 0 Å². The minimum atomic E-state index is 0.505. The molecule has 0 saturated heterocycles. The third kappa shape index (κ3) is 4.24. The summed E-state index contributed by atoms with van der Waals surface area (Å²) in [5.74, 6) is 1.53. The van der Waals surface area contributed by atoms with Crippen molar-refractivity contribution < 1.29 is 4.42 Å². The third-order valence-electron chi connectivity index (χ3n) is 11.7. The Morgan fingerprint density at radius 2 is 0.672 bits per heavy atom. The molecule has 13 aromatic rings. The lowest BCUT2D eigenvalue weighted by Crippen LogP contribution is -2.11. The van der Waals surface area contributed by atoms with Gasteiger partial charge in [0, 0.05) is 43.1 Å². The predicted molar refractivity (Wildman–Crippen MR) is 236 cm³/mol. The van der Waals surface area contributed by atoms with Gasteiger partial charge in [0.2, 0.25) is 11.9 Å². The summed E-state index contributed by atoms with van der Waals surface area (Å²) in [5, 5.41) is 8.88.